The van der Waals surface area contributed by atoms with Crippen molar-refractivity contribution in [3.05, 3.63) is 105 Å². The molecule has 0 N–H and O–H groups in total. The zero-order chi connectivity index (χ0) is 23.7. The summed E-state index contributed by atoms with van der Waals surface area (Å²) >= 11 is 0. The summed E-state index contributed by atoms with van der Waals surface area (Å²) in [5.41, 5.74) is 0.831. The van der Waals surface area contributed by atoms with Gasteiger partial charge >= 0.3 is 11.3 Å². The average molecular weight is 458 g/mol. The van der Waals surface area contributed by atoms with E-state index in [0.29, 0.717) is 40.0 Å². The second-order valence-corrected chi connectivity index (χ2v) is 7.61. The lowest BCUT2D eigenvalue weighted by Crippen LogP contribution is -2.07. The average Bonchev–Trinajstić information content (AvgIpc) is 2.83. The van der Waals surface area contributed by atoms with Gasteiger partial charge in [-0.15, -0.1) is 0 Å². The van der Waals surface area contributed by atoms with Crippen LogP contribution in [0.3, 0.4) is 0 Å². The van der Waals surface area contributed by atoms with E-state index >= 15 is 0 Å². The van der Waals surface area contributed by atoms with Crippen molar-refractivity contribution in [2.24, 2.45) is 0 Å². The Bertz CT molecular complexity index is 1620. The van der Waals surface area contributed by atoms with E-state index in [-0.39, 0.29) is 23.6 Å². The van der Waals surface area contributed by atoms with E-state index < -0.39 is 11.3 Å². The Balaban J connectivity index is 1.55. The Labute approximate surface area is 192 Å². The largest absolute Gasteiger partial charge is 0.490 e. The molecule has 0 spiro atoms. The molecule has 0 saturated heterocycles. The second-order valence-electron chi connectivity index (χ2n) is 7.61. The third-order valence-electron chi connectivity index (χ3n) is 5.35. The number of hydrogen-bond acceptors (Lipinski definition) is 6. The van der Waals surface area contributed by atoms with Crippen molar-refractivity contribution < 1.29 is 22.7 Å². The monoisotopic (exact) mass is 458 g/mol. The summed E-state index contributed by atoms with van der Waals surface area (Å²) in [4.78, 5) is 25.2. The van der Waals surface area contributed by atoms with E-state index in [4.69, 9.17) is 18.3 Å². The summed E-state index contributed by atoms with van der Waals surface area (Å²) in [6.07, 6.45) is 0. The van der Waals surface area contributed by atoms with E-state index in [1.165, 1.54) is 18.2 Å². The smallest absolute Gasteiger partial charge is 0.344 e. The minimum atomic E-state index is -0.610. The fourth-order valence-corrected chi connectivity index (χ4v) is 3.78. The van der Waals surface area contributed by atoms with Crippen molar-refractivity contribution in [2.45, 2.75) is 13.5 Å². The molecule has 5 aromatic rings. The summed E-state index contributed by atoms with van der Waals surface area (Å²) < 4.78 is 35.4. The van der Waals surface area contributed by atoms with Gasteiger partial charge in [-0.05, 0) is 48.9 Å². The zero-order valence-corrected chi connectivity index (χ0v) is 18.2. The Morgan fingerprint density at radius 2 is 1.68 bits per heavy atom. The molecule has 0 saturated carbocycles. The van der Waals surface area contributed by atoms with E-state index in [2.05, 4.69) is 0 Å². The highest BCUT2D eigenvalue weighted by Gasteiger charge is 2.16. The molecule has 3 aromatic carbocycles. The van der Waals surface area contributed by atoms with Crippen LogP contribution in [0.2, 0.25) is 0 Å². The van der Waals surface area contributed by atoms with Crippen LogP contribution >= 0.6 is 0 Å². The molecule has 0 bridgehead atoms. The molecule has 34 heavy (non-hydrogen) atoms. The summed E-state index contributed by atoms with van der Waals surface area (Å²) in [5, 5.41) is 1.22. The predicted octanol–water partition coefficient (Wildman–Crippen LogP) is 5.68. The first-order valence-corrected chi connectivity index (χ1v) is 10.7. The molecule has 0 atom stereocenters. The first-order chi connectivity index (χ1) is 16.5. The molecule has 0 unspecified atom stereocenters. The Morgan fingerprint density at radius 1 is 0.853 bits per heavy atom. The van der Waals surface area contributed by atoms with Gasteiger partial charge in [-0.2, -0.15) is 0 Å². The molecule has 5 rings (SSSR count). The van der Waals surface area contributed by atoms with Crippen LogP contribution < -0.4 is 20.7 Å². The van der Waals surface area contributed by atoms with Crippen molar-refractivity contribution in [1.82, 2.24) is 0 Å². The molecule has 0 aliphatic rings. The van der Waals surface area contributed by atoms with Gasteiger partial charge in [0.2, 0.25) is 0 Å². The summed E-state index contributed by atoms with van der Waals surface area (Å²) in [6.45, 7) is 2.49. The van der Waals surface area contributed by atoms with Crippen LogP contribution in [0.25, 0.3) is 33.1 Å². The quantitative estimate of drug-likeness (QED) is 0.305. The lowest BCUT2D eigenvalue weighted by Gasteiger charge is -2.10. The third kappa shape index (κ3) is 4.15. The summed E-state index contributed by atoms with van der Waals surface area (Å²) in [7, 11) is 0. The fraction of sp³-hybridized carbons (Fsp3) is 0.111. The minimum Gasteiger partial charge on any atom is -0.490 e. The van der Waals surface area contributed by atoms with Gasteiger partial charge in [0.1, 0.15) is 23.8 Å². The van der Waals surface area contributed by atoms with Gasteiger partial charge in [0.05, 0.1) is 12.2 Å². The molecule has 0 amide bonds. The molecule has 6 nitrogen and oxygen atoms in total. The molecular formula is C27H19FO6. The number of fused-ring (bicyclic) bond motifs is 2. The molecule has 0 radical (unpaired) electrons. The lowest BCUT2D eigenvalue weighted by atomic mass is 10.0. The van der Waals surface area contributed by atoms with E-state index in [9.17, 15) is 14.0 Å². The van der Waals surface area contributed by atoms with Crippen molar-refractivity contribution in [1.29, 1.82) is 0 Å². The van der Waals surface area contributed by atoms with Gasteiger partial charge < -0.3 is 18.3 Å². The van der Waals surface area contributed by atoms with Crippen LogP contribution in [0, 0.1) is 5.82 Å². The lowest BCUT2D eigenvalue weighted by molar-refractivity contribution is 0.306. The van der Waals surface area contributed by atoms with Gasteiger partial charge in [0, 0.05) is 28.5 Å². The number of para-hydroxylation sites is 1. The third-order valence-corrected chi connectivity index (χ3v) is 5.35. The van der Waals surface area contributed by atoms with Crippen LogP contribution in [-0.2, 0) is 6.61 Å². The highest BCUT2D eigenvalue weighted by Crippen LogP contribution is 2.32. The van der Waals surface area contributed by atoms with Crippen LogP contribution in [0.1, 0.15) is 12.5 Å². The van der Waals surface area contributed by atoms with Gasteiger partial charge in [-0.1, -0.05) is 24.3 Å². The van der Waals surface area contributed by atoms with Crippen molar-refractivity contribution in [2.75, 3.05) is 6.61 Å². The van der Waals surface area contributed by atoms with Crippen molar-refractivity contribution >= 4 is 21.9 Å². The predicted molar refractivity (Wildman–Crippen MR) is 126 cm³/mol. The Hall–Kier alpha value is -4.39. The molecule has 0 fully saturated rings. The highest BCUT2D eigenvalue weighted by molar-refractivity contribution is 5.96. The number of hydrogen-bond donors (Lipinski definition) is 0. The molecule has 170 valence electrons. The fourth-order valence-electron chi connectivity index (χ4n) is 3.78. The topological polar surface area (TPSA) is 78.9 Å². The number of halogens is 1. The van der Waals surface area contributed by atoms with Crippen molar-refractivity contribution in [3.8, 4) is 22.6 Å². The molecule has 2 heterocycles. The summed E-state index contributed by atoms with van der Waals surface area (Å²) in [6, 6.07) is 19.3. The minimum absolute atomic E-state index is 0.214. The molecule has 2 aromatic heterocycles. The van der Waals surface area contributed by atoms with Crippen LogP contribution in [0.5, 0.6) is 11.5 Å². The van der Waals surface area contributed by atoms with E-state index in [1.54, 1.807) is 54.6 Å². The first-order valence-electron chi connectivity index (χ1n) is 10.7. The normalized spacial score (nSPS) is 11.1. The van der Waals surface area contributed by atoms with Crippen LogP contribution in [-0.4, -0.2) is 6.61 Å². The van der Waals surface area contributed by atoms with Crippen LogP contribution in [0.15, 0.2) is 91.2 Å². The molecule has 7 heteroatoms. The van der Waals surface area contributed by atoms with Gasteiger partial charge in [-0.25, -0.2) is 14.0 Å². The van der Waals surface area contributed by atoms with E-state index in [0.717, 1.165) is 5.56 Å². The Morgan fingerprint density at radius 3 is 2.47 bits per heavy atom. The second kappa shape index (κ2) is 8.86. The SMILES string of the molecule is CCOc1cccc2cc(-c3cc(=O)oc4cc(OCc5ccc(F)cc5)ccc34)c(=O)oc12. The number of benzene rings is 3. The van der Waals surface area contributed by atoms with E-state index in [1.807, 2.05) is 6.92 Å². The van der Waals surface area contributed by atoms with Gasteiger partial charge in [0.25, 0.3) is 0 Å². The maximum atomic E-state index is 13.1. The van der Waals surface area contributed by atoms with Crippen molar-refractivity contribution in [3.63, 3.8) is 0 Å². The van der Waals surface area contributed by atoms with Crippen LogP contribution in [0.4, 0.5) is 4.39 Å². The molecule has 0 aliphatic carbocycles. The molecule has 0 aliphatic heterocycles. The Kier molecular flexibility index (Phi) is 5.59. The standard InChI is InChI=1S/C27H19FO6/c1-2-31-23-5-3-4-17-12-22(27(30)34-26(17)23)21-14-25(29)33-24-13-19(10-11-20(21)24)32-15-16-6-8-18(28)9-7-16/h3-14H,2,15H2,1H3. The maximum absolute atomic E-state index is 13.1. The number of rotatable bonds is 6. The number of ether oxygens (including phenoxy) is 2. The first kappa shape index (κ1) is 21.5. The highest BCUT2D eigenvalue weighted by atomic mass is 19.1. The van der Waals surface area contributed by atoms with Gasteiger partial charge in [0.15, 0.2) is 11.3 Å². The molecular weight excluding hydrogens is 439 g/mol. The maximum Gasteiger partial charge on any atom is 0.344 e. The van der Waals surface area contributed by atoms with Gasteiger partial charge in [-0.3, -0.25) is 0 Å². The summed E-state index contributed by atoms with van der Waals surface area (Å²) in [5.74, 6) is 0.615. The zero-order valence-electron chi connectivity index (χ0n) is 18.2.